The minimum atomic E-state index is -4.66. The van der Waals surface area contributed by atoms with Gasteiger partial charge in [-0.05, 0) is 6.07 Å². The smallest absolute Gasteiger partial charge is 0.396 e. The van der Waals surface area contributed by atoms with E-state index in [-0.39, 0.29) is 12.2 Å². The molecule has 1 amide bonds. The van der Waals surface area contributed by atoms with Crippen LogP contribution in [0.2, 0.25) is 0 Å². The van der Waals surface area contributed by atoms with Gasteiger partial charge in [0.1, 0.15) is 6.54 Å². The number of halogens is 6. The molecule has 0 aliphatic carbocycles. The Hall–Kier alpha value is -2.08. The van der Waals surface area contributed by atoms with E-state index >= 15 is 0 Å². The van der Waals surface area contributed by atoms with Crippen LogP contribution >= 0.6 is 0 Å². The van der Waals surface area contributed by atoms with Gasteiger partial charge in [-0.3, -0.25) is 14.5 Å². The topological polar surface area (TPSA) is 74.6 Å². The molecule has 12 heteroatoms. The molecular weight excluding hydrogens is 408 g/mol. The van der Waals surface area contributed by atoms with Gasteiger partial charge in [0.2, 0.25) is 5.91 Å². The van der Waals surface area contributed by atoms with Crippen molar-refractivity contribution in [3.8, 4) is 0 Å². The molecule has 2 aliphatic heterocycles. The van der Waals surface area contributed by atoms with Gasteiger partial charge in [-0.25, -0.2) is 0 Å². The zero-order chi connectivity index (χ0) is 21.6. The van der Waals surface area contributed by atoms with E-state index < -0.39 is 73.9 Å². The first-order chi connectivity index (χ1) is 13.4. The fraction of sp³-hybridized carbons (Fsp3) is 0.647. The van der Waals surface area contributed by atoms with Crippen molar-refractivity contribution in [1.29, 1.82) is 0 Å². The summed E-state index contributed by atoms with van der Waals surface area (Å²) in [5.41, 5.74) is -0.181. The maximum absolute atomic E-state index is 12.8. The highest BCUT2D eigenvalue weighted by Crippen LogP contribution is 2.48. The molecule has 1 saturated heterocycles. The van der Waals surface area contributed by atoms with E-state index in [4.69, 9.17) is 0 Å². The largest absolute Gasteiger partial charge is 0.405 e. The van der Waals surface area contributed by atoms with Gasteiger partial charge in [0.25, 0.3) is 5.56 Å². The molecule has 162 valence electrons. The second kappa shape index (κ2) is 7.63. The van der Waals surface area contributed by atoms with E-state index in [1.165, 1.54) is 27.7 Å². The summed E-state index contributed by atoms with van der Waals surface area (Å²) in [6.45, 7) is -2.77. The van der Waals surface area contributed by atoms with Gasteiger partial charge >= 0.3 is 12.4 Å². The number of aromatic nitrogens is 1. The number of hydrogen-bond donors (Lipinski definition) is 2. The molecule has 0 spiro atoms. The average Bonchev–Trinajstić information content (AvgIpc) is 2.83. The van der Waals surface area contributed by atoms with Crippen LogP contribution in [-0.2, 0) is 11.3 Å². The zero-order valence-electron chi connectivity index (χ0n) is 15.0. The number of nitrogens with zero attached hydrogens (tertiary/aromatic N) is 2. The first-order valence-electron chi connectivity index (χ1n) is 8.90. The number of alkyl halides is 6. The van der Waals surface area contributed by atoms with Gasteiger partial charge < -0.3 is 15.0 Å². The monoisotopic (exact) mass is 427 g/mol. The van der Waals surface area contributed by atoms with Gasteiger partial charge in [0, 0.05) is 43.4 Å². The number of pyridine rings is 1. The molecule has 4 atom stereocenters. The maximum atomic E-state index is 12.8. The molecule has 2 aliphatic rings. The van der Waals surface area contributed by atoms with E-state index in [0.29, 0.717) is 0 Å². The lowest BCUT2D eigenvalue weighted by Gasteiger charge is -2.38. The highest BCUT2D eigenvalue weighted by Gasteiger charge is 2.56. The van der Waals surface area contributed by atoms with E-state index in [1.807, 2.05) is 0 Å². The predicted molar refractivity (Wildman–Crippen MR) is 87.7 cm³/mol. The Bertz CT molecular complexity index is 822. The first-order valence-corrected chi connectivity index (χ1v) is 8.90. The van der Waals surface area contributed by atoms with Gasteiger partial charge in [0.05, 0.1) is 18.4 Å². The summed E-state index contributed by atoms with van der Waals surface area (Å²) in [5.74, 6) is -3.16. The van der Waals surface area contributed by atoms with Crippen LogP contribution in [0.5, 0.6) is 0 Å². The van der Waals surface area contributed by atoms with Crippen LogP contribution in [0.3, 0.4) is 0 Å². The summed E-state index contributed by atoms with van der Waals surface area (Å²) in [6.07, 6.45) is -10.3. The van der Waals surface area contributed by atoms with Crippen molar-refractivity contribution in [3.05, 3.63) is 34.2 Å². The van der Waals surface area contributed by atoms with E-state index in [1.54, 1.807) is 5.32 Å². The molecule has 2 N–H and O–H groups in total. The Morgan fingerprint density at radius 1 is 1.17 bits per heavy atom. The molecule has 1 aromatic rings. The quantitative estimate of drug-likeness (QED) is 0.698. The Kier molecular flexibility index (Phi) is 5.69. The van der Waals surface area contributed by atoms with Crippen molar-refractivity contribution >= 4 is 5.91 Å². The highest BCUT2D eigenvalue weighted by atomic mass is 19.4. The summed E-state index contributed by atoms with van der Waals surface area (Å²) < 4.78 is 77.3. The second-order valence-corrected chi connectivity index (χ2v) is 7.22. The third-order valence-corrected chi connectivity index (χ3v) is 5.47. The summed E-state index contributed by atoms with van der Waals surface area (Å²) in [7, 11) is 0. The van der Waals surface area contributed by atoms with Crippen LogP contribution in [0.4, 0.5) is 26.3 Å². The number of hydrogen-bond acceptors (Lipinski definition) is 4. The molecule has 0 aromatic carbocycles. The van der Waals surface area contributed by atoms with Gasteiger partial charge in [0.15, 0.2) is 0 Å². The number of carbonyl (C=O) groups is 1. The minimum Gasteiger partial charge on any atom is -0.396 e. The summed E-state index contributed by atoms with van der Waals surface area (Å²) in [5, 5.41) is 11.6. The van der Waals surface area contributed by atoms with Gasteiger partial charge in [-0.2, -0.15) is 26.3 Å². The van der Waals surface area contributed by atoms with Crippen LogP contribution in [0, 0.1) is 11.8 Å². The van der Waals surface area contributed by atoms with Crippen molar-refractivity contribution in [2.75, 3.05) is 19.7 Å². The third-order valence-electron chi connectivity index (χ3n) is 5.47. The third kappa shape index (κ3) is 4.42. The fourth-order valence-electron chi connectivity index (χ4n) is 4.34. The number of fused-ring (bicyclic) bond motifs is 4. The molecule has 2 bridgehead atoms. The normalized spacial score (nSPS) is 27.0. The lowest BCUT2D eigenvalue weighted by molar-refractivity contribution is -0.143. The molecule has 29 heavy (non-hydrogen) atoms. The maximum Gasteiger partial charge on any atom is 0.405 e. The van der Waals surface area contributed by atoms with Crippen molar-refractivity contribution in [1.82, 2.24) is 14.8 Å². The Labute approximate surface area is 161 Å². The number of rotatable bonds is 5. The Balaban J connectivity index is 1.99. The van der Waals surface area contributed by atoms with Crippen molar-refractivity contribution in [3.63, 3.8) is 0 Å². The van der Waals surface area contributed by atoms with Gasteiger partial charge in [-0.15, -0.1) is 0 Å². The predicted octanol–water partition coefficient (Wildman–Crippen LogP) is 1.44. The average molecular weight is 427 g/mol. The number of aliphatic hydroxyl groups is 1. The van der Waals surface area contributed by atoms with Gasteiger partial charge in [-0.1, -0.05) is 6.07 Å². The molecule has 3 heterocycles. The number of amides is 1. The first kappa shape index (κ1) is 21.6. The van der Waals surface area contributed by atoms with Crippen molar-refractivity contribution in [2.24, 2.45) is 11.8 Å². The lowest BCUT2D eigenvalue weighted by atomic mass is 9.86. The highest BCUT2D eigenvalue weighted by molar-refractivity contribution is 5.80. The standard InChI is InChI=1S/C17H19F6N3O3/c18-16(19,20)4-5-25-11-6-26-10(2-1-3-12(26)28)14(25)13(9(11)7-27)15(29)24-8-17(21,22)23/h1-3,9,11,13-14,27H,4-8H2,(H,24,29)/t9-,11-,13+,14+/m1/s1. The zero-order valence-corrected chi connectivity index (χ0v) is 15.0. The molecule has 0 radical (unpaired) electrons. The summed E-state index contributed by atoms with van der Waals surface area (Å²) in [4.78, 5) is 26.2. The Morgan fingerprint density at radius 3 is 2.45 bits per heavy atom. The summed E-state index contributed by atoms with van der Waals surface area (Å²) in [6, 6.07) is 2.26. The number of carbonyl (C=O) groups excluding carboxylic acids is 1. The molecule has 1 fully saturated rings. The van der Waals surface area contributed by atoms with Crippen LogP contribution in [0.1, 0.15) is 18.2 Å². The van der Waals surface area contributed by atoms with Crippen LogP contribution in [0.15, 0.2) is 23.0 Å². The molecule has 0 saturated carbocycles. The van der Waals surface area contributed by atoms with E-state index in [9.17, 15) is 41.0 Å². The Morgan fingerprint density at radius 2 is 1.86 bits per heavy atom. The van der Waals surface area contributed by atoms with Crippen molar-refractivity contribution < 1.29 is 36.2 Å². The summed E-state index contributed by atoms with van der Waals surface area (Å²) >= 11 is 0. The van der Waals surface area contributed by atoms with Crippen LogP contribution in [0.25, 0.3) is 0 Å². The van der Waals surface area contributed by atoms with E-state index in [0.717, 1.165) is 0 Å². The number of aliphatic hydroxyl groups excluding tert-OH is 1. The molecule has 6 nitrogen and oxygen atoms in total. The van der Waals surface area contributed by atoms with Crippen molar-refractivity contribution in [2.45, 2.75) is 37.4 Å². The molecule has 3 rings (SSSR count). The second-order valence-electron chi connectivity index (χ2n) is 7.22. The molecular formula is C17H19F6N3O3. The SMILES string of the molecule is O=C(NCC(F)(F)F)[C@H]1[C@H](CO)[C@H]2Cn3c(cccc3=O)[C@@H]1N2CCC(F)(F)F. The minimum absolute atomic E-state index is 0.0579. The number of nitrogens with one attached hydrogen (secondary N) is 1. The van der Waals surface area contributed by atoms with Crippen LogP contribution < -0.4 is 10.9 Å². The molecule has 0 unspecified atom stereocenters. The van der Waals surface area contributed by atoms with Crippen LogP contribution in [-0.4, -0.2) is 58.6 Å². The fourth-order valence-corrected chi connectivity index (χ4v) is 4.34. The lowest BCUT2D eigenvalue weighted by Crippen LogP contribution is -2.47. The molecule has 1 aromatic heterocycles. The van der Waals surface area contributed by atoms with E-state index in [2.05, 4.69) is 0 Å².